The first kappa shape index (κ1) is 13.1. The lowest BCUT2D eigenvalue weighted by Crippen LogP contribution is -2.55. The molecule has 0 amide bonds. The van der Waals surface area contributed by atoms with E-state index in [0.29, 0.717) is 0 Å². The van der Waals surface area contributed by atoms with E-state index in [2.05, 4.69) is 40.5 Å². The average molecular weight is 260 g/mol. The lowest BCUT2D eigenvalue weighted by molar-refractivity contribution is -0.0839. The summed E-state index contributed by atoms with van der Waals surface area (Å²) in [5.41, 5.74) is 1.46. The number of morpholine rings is 1. The summed E-state index contributed by atoms with van der Waals surface area (Å²) in [4.78, 5) is 2.56. The fourth-order valence-corrected chi connectivity index (χ4v) is 3.29. The molecular formula is C16H24N2O. The molecule has 2 aliphatic rings. The summed E-state index contributed by atoms with van der Waals surface area (Å²) < 4.78 is 6.15. The number of benzene rings is 1. The van der Waals surface area contributed by atoms with Gasteiger partial charge in [0.25, 0.3) is 0 Å². The maximum Gasteiger partial charge on any atom is 0.0933 e. The third-order valence-electron chi connectivity index (χ3n) is 4.25. The molecule has 1 aromatic carbocycles. The van der Waals surface area contributed by atoms with Crippen LogP contribution in [0.15, 0.2) is 30.3 Å². The highest BCUT2D eigenvalue weighted by molar-refractivity contribution is 5.14. The molecule has 2 heterocycles. The molecule has 2 fully saturated rings. The minimum atomic E-state index is 0.0591. The van der Waals surface area contributed by atoms with Gasteiger partial charge in [-0.1, -0.05) is 30.3 Å². The molecule has 104 valence electrons. The Morgan fingerprint density at radius 2 is 2.11 bits per heavy atom. The predicted molar refractivity (Wildman–Crippen MR) is 77.1 cm³/mol. The first-order valence-corrected chi connectivity index (χ1v) is 7.47. The van der Waals surface area contributed by atoms with Gasteiger partial charge in [0.05, 0.1) is 12.2 Å². The fraction of sp³-hybridized carbons (Fsp3) is 0.625. The van der Waals surface area contributed by atoms with Gasteiger partial charge in [0, 0.05) is 26.2 Å². The van der Waals surface area contributed by atoms with E-state index >= 15 is 0 Å². The van der Waals surface area contributed by atoms with E-state index in [9.17, 15) is 0 Å². The van der Waals surface area contributed by atoms with Crippen molar-refractivity contribution in [1.29, 1.82) is 0 Å². The Labute approximate surface area is 115 Å². The highest BCUT2D eigenvalue weighted by Crippen LogP contribution is 2.26. The molecule has 1 N–H and O–H groups in total. The molecule has 0 aliphatic carbocycles. The molecule has 1 spiro atoms. The van der Waals surface area contributed by atoms with Crippen LogP contribution >= 0.6 is 0 Å². The molecule has 1 atom stereocenters. The van der Waals surface area contributed by atoms with Crippen LogP contribution in [0.3, 0.4) is 0 Å². The summed E-state index contributed by atoms with van der Waals surface area (Å²) in [7, 11) is 0. The Kier molecular flexibility index (Phi) is 4.16. The minimum absolute atomic E-state index is 0.0591. The SMILES string of the molecule is c1ccc(CN2CCCCC3(CNCCO3)C2)cc1. The van der Waals surface area contributed by atoms with Gasteiger partial charge in [-0.3, -0.25) is 4.90 Å². The molecule has 0 bridgehead atoms. The average Bonchev–Trinajstić information content (AvgIpc) is 2.63. The van der Waals surface area contributed by atoms with Gasteiger partial charge in [0.15, 0.2) is 0 Å². The number of rotatable bonds is 2. The van der Waals surface area contributed by atoms with E-state index < -0.39 is 0 Å². The summed E-state index contributed by atoms with van der Waals surface area (Å²) in [6.45, 7) is 6.18. The van der Waals surface area contributed by atoms with Crippen LogP contribution in [0, 0.1) is 0 Å². The fourth-order valence-electron chi connectivity index (χ4n) is 3.29. The molecular weight excluding hydrogens is 236 g/mol. The molecule has 0 saturated carbocycles. The highest BCUT2D eigenvalue weighted by atomic mass is 16.5. The van der Waals surface area contributed by atoms with E-state index in [1.54, 1.807) is 0 Å². The first-order valence-electron chi connectivity index (χ1n) is 7.47. The standard InChI is InChI=1S/C16H24N2O/c1-2-6-15(7-3-1)12-18-10-5-4-8-16(14-18)13-17-9-11-19-16/h1-3,6-7,17H,4-5,8-14H2. The van der Waals surface area contributed by atoms with Crippen LogP contribution in [0.2, 0.25) is 0 Å². The number of likely N-dealkylation sites (tertiary alicyclic amines) is 1. The summed E-state index contributed by atoms with van der Waals surface area (Å²) >= 11 is 0. The van der Waals surface area contributed by atoms with Gasteiger partial charge in [-0.05, 0) is 31.4 Å². The van der Waals surface area contributed by atoms with E-state index in [0.717, 1.165) is 32.8 Å². The van der Waals surface area contributed by atoms with Crippen molar-refractivity contribution in [2.45, 2.75) is 31.4 Å². The van der Waals surface area contributed by atoms with E-state index in [1.807, 2.05) is 0 Å². The molecule has 0 aromatic heterocycles. The van der Waals surface area contributed by atoms with Crippen molar-refractivity contribution in [1.82, 2.24) is 10.2 Å². The first-order chi connectivity index (χ1) is 9.36. The zero-order valence-corrected chi connectivity index (χ0v) is 11.6. The van der Waals surface area contributed by atoms with Gasteiger partial charge in [-0.2, -0.15) is 0 Å². The second-order valence-corrected chi connectivity index (χ2v) is 5.86. The van der Waals surface area contributed by atoms with Crippen molar-refractivity contribution in [3.63, 3.8) is 0 Å². The minimum Gasteiger partial charge on any atom is -0.371 e. The lowest BCUT2D eigenvalue weighted by atomic mass is 9.96. The van der Waals surface area contributed by atoms with Crippen LogP contribution in [0.4, 0.5) is 0 Å². The third-order valence-corrected chi connectivity index (χ3v) is 4.25. The van der Waals surface area contributed by atoms with Crippen LogP contribution in [0.5, 0.6) is 0 Å². The van der Waals surface area contributed by atoms with Crippen molar-refractivity contribution in [3.05, 3.63) is 35.9 Å². The smallest absolute Gasteiger partial charge is 0.0933 e. The number of hydrogen-bond acceptors (Lipinski definition) is 3. The lowest BCUT2D eigenvalue weighted by Gasteiger charge is -2.39. The van der Waals surface area contributed by atoms with Crippen LogP contribution in [-0.4, -0.2) is 43.3 Å². The molecule has 1 aromatic rings. The van der Waals surface area contributed by atoms with Crippen molar-refractivity contribution in [2.75, 3.05) is 32.8 Å². The van der Waals surface area contributed by atoms with Crippen LogP contribution in [-0.2, 0) is 11.3 Å². The molecule has 2 saturated heterocycles. The predicted octanol–water partition coefficient (Wildman–Crippen LogP) is 2.03. The number of ether oxygens (including phenoxy) is 1. The van der Waals surface area contributed by atoms with Gasteiger partial charge < -0.3 is 10.1 Å². The normalized spacial score (nSPS) is 29.3. The maximum absolute atomic E-state index is 6.15. The summed E-state index contributed by atoms with van der Waals surface area (Å²) in [6.07, 6.45) is 3.77. The summed E-state index contributed by atoms with van der Waals surface area (Å²) in [5, 5.41) is 3.51. The van der Waals surface area contributed by atoms with Crippen LogP contribution < -0.4 is 5.32 Å². The van der Waals surface area contributed by atoms with Gasteiger partial charge in [-0.25, -0.2) is 0 Å². The zero-order chi connectivity index (χ0) is 13.0. The topological polar surface area (TPSA) is 24.5 Å². The zero-order valence-electron chi connectivity index (χ0n) is 11.6. The van der Waals surface area contributed by atoms with Crippen molar-refractivity contribution >= 4 is 0 Å². The van der Waals surface area contributed by atoms with Crippen molar-refractivity contribution in [3.8, 4) is 0 Å². The van der Waals surface area contributed by atoms with E-state index in [-0.39, 0.29) is 5.60 Å². The van der Waals surface area contributed by atoms with Gasteiger partial charge in [0.1, 0.15) is 0 Å². The molecule has 19 heavy (non-hydrogen) atoms. The van der Waals surface area contributed by atoms with Crippen LogP contribution in [0.1, 0.15) is 24.8 Å². The number of hydrogen-bond donors (Lipinski definition) is 1. The summed E-state index contributed by atoms with van der Waals surface area (Å²) in [5.74, 6) is 0. The van der Waals surface area contributed by atoms with E-state index in [1.165, 1.54) is 31.4 Å². The van der Waals surface area contributed by atoms with Crippen molar-refractivity contribution in [2.24, 2.45) is 0 Å². The van der Waals surface area contributed by atoms with E-state index in [4.69, 9.17) is 4.74 Å². The van der Waals surface area contributed by atoms with Gasteiger partial charge in [-0.15, -0.1) is 0 Å². The molecule has 0 radical (unpaired) electrons. The molecule has 1 unspecified atom stereocenters. The Hall–Kier alpha value is -0.900. The number of nitrogens with zero attached hydrogens (tertiary/aromatic N) is 1. The molecule has 3 heteroatoms. The Bertz CT molecular complexity index is 387. The Morgan fingerprint density at radius 3 is 2.89 bits per heavy atom. The second kappa shape index (κ2) is 6.04. The second-order valence-electron chi connectivity index (χ2n) is 5.86. The van der Waals surface area contributed by atoms with Crippen molar-refractivity contribution < 1.29 is 4.74 Å². The number of nitrogens with one attached hydrogen (secondary N) is 1. The molecule has 3 nitrogen and oxygen atoms in total. The molecule has 2 aliphatic heterocycles. The highest BCUT2D eigenvalue weighted by Gasteiger charge is 2.36. The quantitative estimate of drug-likeness (QED) is 0.880. The van der Waals surface area contributed by atoms with Gasteiger partial charge >= 0.3 is 0 Å². The van der Waals surface area contributed by atoms with Crippen LogP contribution in [0.25, 0.3) is 0 Å². The monoisotopic (exact) mass is 260 g/mol. The Morgan fingerprint density at radius 1 is 1.21 bits per heavy atom. The van der Waals surface area contributed by atoms with Gasteiger partial charge in [0.2, 0.25) is 0 Å². The third kappa shape index (κ3) is 3.35. The largest absolute Gasteiger partial charge is 0.371 e. The maximum atomic E-state index is 6.15. The molecule has 3 rings (SSSR count). The Balaban J connectivity index is 1.67. The summed E-state index contributed by atoms with van der Waals surface area (Å²) in [6, 6.07) is 10.8.